The number of carbonyl (C=O) groups is 2. The summed E-state index contributed by atoms with van der Waals surface area (Å²) in [7, 11) is 0. The van der Waals surface area contributed by atoms with Crippen LogP contribution in [0.1, 0.15) is 52.5 Å². The SMILES string of the molecule is C[C@@H](O)[C@@H](c1ncno1)N1CC2(CCCN2C(=O)OC(C)(C)C)C1=O. The maximum absolute atomic E-state index is 13.0. The Morgan fingerprint density at radius 1 is 1.48 bits per heavy atom. The number of aromatic nitrogens is 2. The van der Waals surface area contributed by atoms with E-state index in [1.54, 1.807) is 27.7 Å². The van der Waals surface area contributed by atoms with E-state index in [0.717, 1.165) is 6.42 Å². The van der Waals surface area contributed by atoms with Crippen LogP contribution in [-0.4, -0.2) is 67.4 Å². The predicted molar refractivity (Wildman–Crippen MR) is 85.3 cm³/mol. The molecule has 138 valence electrons. The fourth-order valence-electron chi connectivity index (χ4n) is 3.58. The molecular weight excluding hydrogens is 328 g/mol. The third-order valence-corrected chi connectivity index (χ3v) is 4.62. The number of β-lactam (4-membered cyclic amide) rings is 1. The average molecular weight is 352 g/mol. The van der Waals surface area contributed by atoms with Gasteiger partial charge in [-0.05, 0) is 40.5 Å². The van der Waals surface area contributed by atoms with Gasteiger partial charge in [-0.1, -0.05) is 5.16 Å². The molecule has 0 bridgehead atoms. The Kier molecular flexibility index (Phi) is 4.22. The van der Waals surface area contributed by atoms with E-state index in [-0.39, 0.29) is 11.8 Å². The van der Waals surface area contributed by atoms with E-state index >= 15 is 0 Å². The summed E-state index contributed by atoms with van der Waals surface area (Å²) in [5.74, 6) is -0.0417. The largest absolute Gasteiger partial charge is 0.444 e. The number of aliphatic hydroxyl groups is 1. The second-order valence-electron chi connectivity index (χ2n) is 7.67. The summed E-state index contributed by atoms with van der Waals surface area (Å²) in [6.07, 6.45) is 1.19. The van der Waals surface area contributed by atoms with Crippen molar-refractivity contribution in [1.29, 1.82) is 0 Å². The van der Waals surface area contributed by atoms with E-state index in [4.69, 9.17) is 9.26 Å². The van der Waals surface area contributed by atoms with Crippen molar-refractivity contribution < 1.29 is 24.0 Å². The Morgan fingerprint density at radius 3 is 2.72 bits per heavy atom. The van der Waals surface area contributed by atoms with Gasteiger partial charge in [0.25, 0.3) is 11.8 Å². The highest BCUT2D eigenvalue weighted by molar-refractivity contribution is 5.96. The van der Waals surface area contributed by atoms with Crippen molar-refractivity contribution in [3.05, 3.63) is 12.2 Å². The van der Waals surface area contributed by atoms with E-state index in [0.29, 0.717) is 19.5 Å². The van der Waals surface area contributed by atoms with Gasteiger partial charge in [0.05, 0.1) is 12.6 Å². The van der Waals surface area contributed by atoms with Gasteiger partial charge in [0.15, 0.2) is 6.33 Å². The smallest absolute Gasteiger partial charge is 0.411 e. The van der Waals surface area contributed by atoms with Gasteiger partial charge in [-0.3, -0.25) is 9.69 Å². The molecule has 1 spiro atoms. The number of amides is 2. The number of hydrogen-bond acceptors (Lipinski definition) is 7. The Labute approximate surface area is 145 Å². The molecule has 2 aliphatic heterocycles. The lowest BCUT2D eigenvalue weighted by atomic mass is 9.83. The van der Waals surface area contributed by atoms with Crippen LogP contribution in [0.5, 0.6) is 0 Å². The average Bonchev–Trinajstić information content (AvgIpc) is 3.14. The minimum Gasteiger partial charge on any atom is -0.444 e. The molecule has 0 aliphatic carbocycles. The second kappa shape index (κ2) is 5.98. The van der Waals surface area contributed by atoms with Crippen molar-refractivity contribution in [2.45, 2.75) is 63.8 Å². The number of ether oxygens (including phenoxy) is 1. The Bertz CT molecular complexity index is 654. The first kappa shape index (κ1) is 17.7. The van der Waals surface area contributed by atoms with Crippen molar-refractivity contribution >= 4 is 12.0 Å². The Balaban J connectivity index is 1.79. The van der Waals surface area contributed by atoms with Gasteiger partial charge in [0.1, 0.15) is 17.2 Å². The van der Waals surface area contributed by atoms with Crippen molar-refractivity contribution in [2.75, 3.05) is 13.1 Å². The number of aliphatic hydroxyl groups excluding tert-OH is 1. The zero-order valence-corrected chi connectivity index (χ0v) is 14.9. The van der Waals surface area contributed by atoms with Crippen LogP contribution in [0, 0.1) is 0 Å². The van der Waals surface area contributed by atoms with Crippen LogP contribution in [0.2, 0.25) is 0 Å². The van der Waals surface area contributed by atoms with Gasteiger partial charge < -0.3 is 19.3 Å². The molecule has 2 saturated heterocycles. The highest BCUT2D eigenvalue weighted by Crippen LogP contribution is 2.44. The molecule has 1 aromatic rings. The fraction of sp³-hybridized carbons (Fsp3) is 0.750. The minimum atomic E-state index is -0.893. The number of nitrogens with zero attached hydrogens (tertiary/aromatic N) is 4. The number of hydrogen-bond donors (Lipinski definition) is 1. The van der Waals surface area contributed by atoms with Gasteiger partial charge in [-0.25, -0.2) is 4.79 Å². The van der Waals surface area contributed by atoms with E-state index in [1.165, 1.54) is 16.1 Å². The lowest BCUT2D eigenvalue weighted by molar-refractivity contribution is -0.170. The van der Waals surface area contributed by atoms with Gasteiger partial charge in [0, 0.05) is 6.54 Å². The summed E-state index contributed by atoms with van der Waals surface area (Å²) in [6, 6.07) is -0.721. The van der Waals surface area contributed by atoms with Gasteiger partial charge in [-0.15, -0.1) is 0 Å². The zero-order valence-electron chi connectivity index (χ0n) is 14.9. The third kappa shape index (κ3) is 2.97. The lowest BCUT2D eigenvalue weighted by Gasteiger charge is -2.53. The molecule has 1 aromatic heterocycles. The number of likely N-dealkylation sites (tertiary alicyclic amines) is 2. The summed E-state index contributed by atoms with van der Waals surface area (Å²) in [5, 5.41) is 13.6. The quantitative estimate of drug-likeness (QED) is 0.811. The van der Waals surface area contributed by atoms with Crippen LogP contribution in [0.15, 0.2) is 10.9 Å². The molecule has 3 rings (SSSR count). The maximum atomic E-state index is 13.0. The molecule has 9 nitrogen and oxygen atoms in total. The van der Waals surface area contributed by atoms with Crippen LogP contribution < -0.4 is 0 Å². The molecule has 3 atom stereocenters. The van der Waals surface area contributed by atoms with E-state index in [1.807, 2.05) is 0 Å². The molecule has 1 unspecified atom stereocenters. The van der Waals surface area contributed by atoms with Gasteiger partial charge in [0.2, 0.25) is 0 Å². The normalized spacial score (nSPS) is 25.9. The molecule has 0 saturated carbocycles. The molecule has 25 heavy (non-hydrogen) atoms. The van der Waals surface area contributed by atoms with Crippen LogP contribution in [-0.2, 0) is 9.53 Å². The molecule has 1 N–H and O–H groups in total. The zero-order chi connectivity index (χ0) is 18.4. The highest BCUT2D eigenvalue weighted by Gasteiger charge is 2.62. The third-order valence-electron chi connectivity index (χ3n) is 4.62. The summed E-state index contributed by atoms with van der Waals surface area (Å²) in [6.45, 7) is 7.73. The number of rotatable bonds is 3. The lowest BCUT2D eigenvalue weighted by Crippen LogP contribution is -2.74. The van der Waals surface area contributed by atoms with Crippen LogP contribution in [0.3, 0.4) is 0 Å². The van der Waals surface area contributed by atoms with Crippen molar-refractivity contribution in [1.82, 2.24) is 19.9 Å². The highest BCUT2D eigenvalue weighted by atomic mass is 16.6. The van der Waals surface area contributed by atoms with E-state index in [9.17, 15) is 14.7 Å². The second-order valence-corrected chi connectivity index (χ2v) is 7.67. The fourth-order valence-corrected chi connectivity index (χ4v) is 3.58. The van der Waals surface area contributed by atoms with Crippen molar-refractivity contribution in [3.8, 4) is 0 Å². The molecule has 0 aromatic carbocycles. The van der Waals surface area contributed by atoms with Gasteiger partial charge >= 0.3 is 6.09 Å². The van der Waals surface area contributed by atoms with Crippen molar-refractivity contribution in [3.63, 3.8) is 0 Å². The Hall–Kier alpha value is -2.16. The minimum absolute atomic E-state index is 0.181. The van der Waals surface area contributed by atoms with Crippen molar-refractivity contribution in [2.24, 2.45) is 0 Å². The molecular formula is C16H24N4O5. The molecule has 2 amide bonds. The summed E-state index contributed by atoms with van der Waals surface area (Å²) < 4.78 is 10.5. The number of carbonyl (C=O) groups excluding carboxylic acids is 2. The van der Waals surface area contributed by atoms with Crippen LogP contribution >= 0.6 is 0 Å². The molecule has 9 heteroatoms. The standard InChI is InChI=1S/C16H24N4O5/c1-10(21)11(12-17-9-18-25-12)19-8-16(13(19)22)6-5-7-20(16)14(23)24-15(2,3)4/h9-11,21H,5-8H2,1-4H3/t10-,11+,16?/m1/s1. The predicted octanol–water partition coefficient (Wildman–Crippen LogP) is 1.10. The topological polar surface area (TPSA) is 109 Å². The molecule has 3 heterocycles. The Morgan fingerprint density at radius 2 is 2.20 bits per heavy atom. The summed E-state index contributed by atoms with van der Waals surface area (Å²) in [5.41, 5.74) is -1.52. The maximum Gasteiger partial charge on any atom is 0.411 e. The summed E-state index contributed by atoms with van der Waals surface area (Å²) >= 11 is 0. The van der Waals surface area contributed by atoms with E-state index < -0.39 is 29.4 Å². The first-order chi connectivity index (χ1) is 11.7. The van der Waals surface area contributed by atoms with Crippen LogP contribution in [0.25, 0.3) is 0 Å². The molecule has 0 radical (unpaired) electrons. The van der Waals surface area contributed by atoms with E-state index in [2.05, 4.69) is 10.1 Å². The summed E-state index contributed by atoms with van der Waals surface area (Å²) in [4.78, 5) is 32.4. The monoisotopic (exact) mass is 352 g/mol. The first-order valence-electron chi connectivity index (χ1n) is 8.42. The van der Waals surface area contributed by atoms with Gasteiger partial charge in [-0.2, -0.15) is 4.98 Å². The molecule has 2 aliphatic rings. The van der Waals surface area contributed by atoms with Crippen LogP contribution in [0.4, 0.5) is 4.79 Å². The molecule has 2 fully saturated rings. The first-order valence-corrected chi connectivity index (χ1v) is 8.42.